The van der Waals surface area contributed by atoms with Crippen LogP contribution < -0.4 is 27.4 Å². The number of hydrogen-bond donors (Lipinski definition) is 6. The predicted molar refractivity (Wildman–Crippen MR) is 110 cm³/mol. The minimum atomic E-state index is -1.21. The van der Waals surface area contributed by atoms with Gasteiger partial charge in [0, 0.05) is 6.42 Å². The molecule has 11 nitrogen and oxygen atoms in total. The van der Waals surface area contributed by atoms with Crippen LogP contribution in [-0.4, -0.2) is 58.9 Å². The van der Waals surface area contributed by atoms with Gasteiger partial charge in [-0.2, -0.15) is 0 Å². The first-order valence-corrected chi connectivity index (χ1v) is 9.99. The third-order valence-corrected chi connectivity index (χ3v) is 4.86. The molecule has 5 unspecified atom stereocenters. The lowest BCUT2D eigenvalue weighted by Crippen LogP contribution is -2.57. The van der Waals surface area contributed by atoms with Crippen molar-refractivity contribution in [3.63, 3.8) is 0 Å². The van der Waals surface area contributed by atoms with E-state index in [-0.39, 0.29) is 24.7 Å². The summed E-state index contributed by atoms with van der Waals surface area (Å²) in [4.78, 5) is 59.7. The number of hydrogen-bond acceptors (Lipinski definition) is 6. The van der Waals surface area contributed by atoms with Crippen LogP contribution in [0.1, 0.15) is 53.9 Å². The molecule has 4 amide bonds. The SMILES string of the molecule is CCC(C)C(NC(=O)C(CCC(N)=O)NC(=O)C(C)NC(=O)C(N)C(C)C)C(=O)O. The van der Waals surface area contributed by atoms with Gasteiger partial charge in [-0.05, 0) is 25.2 Å². The summed E-state index contributed by atoms with van der Waals surface area (Å²) >= 11 is 0. The Labute approximate surface area is 176 Å². The zero-order valence-corrected chi connectivity index (χ0v) is 18.2. The van der Waals surface area contributed by atoms with Crippen molar-refractivity contribution in [2.24, 2.45) is 23.3 Å². The van der Waals surface area contributed by atoms with Gasteiger partial charge in [0.2, 0.25) is 23.6 Å². The molecule has 0 aromatic heterocycles. The molecule has 11 heteroatoms. The summed E-state index contributed by atoms with van der Waals surface area (Å²) in [6.45, 7) is 8.39. The van der Waals surface area contributed by atoms with Crippen molar-refractivity contribution in [2.45, 2.75) is 78.0 Å². The van der Waals surface area contributed by atoms with E-state index in [1.54, 1.807) is 27.7 Å². The van der Waals surface area contributed by atoms with Crippen LogP contribution in [0.25, 0.3) is 0 Å². The lowest BCUT2D eigenvalue weighted by atomic mass is 9.98. The molecule has 0 radical (unpaired) electrons. The van der Waals surface area contributed by atoms with Crippen LogP contribution in [0, 0.1) is 11.8 Å². The van der Waals surface area contributed by atoms with E-state index < -0.39 is 53.8 Å². The van der Waals surface area contributed by atoms with Gasteiger partial charge in [-0.3, -0.25) is 19.2 Å². The second-order valence-electron chi connectivity index (χ2n) is 7.78. The Bertz CT molecular complexity index is 639. The summed E-state index contributed by atoms with van der Waals surface area (Å²) in [6, 6.07) is -4.16. The van der Waals surface area contributed by atoms with Gasteiger partial charge in [0.1, 0.15) is 18.1 Å². The monoisotopic (exact) mass is 429 g/mol. The minimum Gasteiger partial charge on any atom is -0.480 e. The molecule has 0 heterocycles. The smallest absolute Gasteiger partial charge is 0.326 e. The van der Waals surface area contributed by atoms with E-state index in [4.69, 9.17) is 11.5 Å². The highest BCUT2D eigenvalue weighted by Crippen LogP contribution is 2.09. The molecule has 0 spiro atoms. The average molecular weight is 430 g/mol. The molecule has 0 aliphatic carbocycles. The van der Waals surface area contributed by atoms with Crippen molar-refractivity contribution < 1.29 is 29.1 Å². The fourth-order valence-electron chi connectivity index (χ4n) is 2.47. The molecule has 0 saturated carbocycles. The maximum Gasteiger partial charge on any atom is 0.326 e. The van der Waals surface area contributed by atoms with E-state index in [0.29, 0.717) is 6.42 Å². The van der Waals surface area contributed by atoms with Gasteiger partial charge >= 0.3 is 5.97 Å². The number of carboxylic acid groups (broad SMARTS) is 1. The topological polar surface area (TPSA) is 194 Å². The quantitative estimate of drug-likeness (QED) is 0.212. The van der Waals surface area contributed by atoms with Crippen molar-refractivity contribution in [3.05, 3.63) is 0 Å². The lowest BCUT2D eigenvalue weighted by Gasteiger charge is -2.25. The van der Waals surface area contributed by atoms with Crippen LogP contribution in [-0.2, 0) is 24.0 Å². The number of carbonyl (C=O) groups excluding carboxylic acids is 4. The summed E-state index contributed by atoms with van der Waals surface area (Å²) in [5.74, 6) is -4.33. The summed E-state index contributed by atoms with van der Waals surface area (Å²) in [5.41, 5.74) is 10.9. The van der Waals surface area contributed by atoms with Gasteiger partial charge in [0.25, 0.3) is 0 Å². The van der Waals surface area contributed by atoms with E-state index in [2.05, 4.69) is 16.0 Å². The van der Waals surface area contributed by atoms with Crippen molar-refractivity contribution >= 4 is 29.6 Å². The largest absolute Gasteiger partial charge is 0.480 e. The molecule has 0 saturated heterocycles. The van der Waals surface area contributed by atoms with E-state index in [1.807, 2.05) is 0 Å². The molecule has 0 aliphatic rings. The van der Waals surface area contributed by atoms with Gasteiger partial charge in [-0.15, -0.1) is 0 Å². The zero-order chi connectivity index (χ0) is 23.6. The van der Waals surface area contributed by atoms with Crippen molar-refractivity contribution in [1.82, 2.24) is 16.0 Å². The molecule has 0 fully saturated rings. The fourth-order valence-corrected chi connectivity index (χ4v) is 2.47. The van der Waals surface area contributed by atoms with Gasteiger partial charge in [0.05, 0.1) is 6.04 Å². The Balaban J connectivity index is 5.25. The molecule has 8 N–H and O–H groups in total. The van der Waals surface area contributed by atoms with Crippen LogP contribution in [0.2, 0.25) is 0 Å². The van der Waals surface area contributed by atoms with Gasteiger partial charge in [0.15, 0.2) is 0 Å². The highest BCUT2D eigenvalue weighted by molar-refractivity contribution is 5.94. The molecule has 0 aromatic carbocycles. The Morgan fingerprint density at radius 2 is 1.47 bits per heavy atom. The maximum absolute atomic E-state index is 12.6. The summed E-state index contributed by atoms with van der Waals surface area (Å²) in [6.07, 6.45) is 0.194. The van der Waals surface area contributed by atoms with Crippen LogP contribution in [0.4, 0.5) is 0 Å². The fraction of sp³-hybridized carbons (Fsp3) is 0.737. The highest BCUT2D eigenvalue weighted by Gasteiger charge is 2.31. The van der Waals surface area contributed by atoms with Gasteiger partial charge < -0.3 is 32.5 Å². The number of carboxylic acids is 1. The molecule has 0 rings (SSSR count). The van der Waals surface area contributed by atoms with Crippen molar-refractivity contribution in [2.75, 3.05) is 0 Å². The molecule has 0 bridgehead atoms. The van der Waals surface area contributed by atoms with Crippen molar-refractivity contribution in [1.29, 1.82) is 0 Å². The van der Waals surface area contributed by atoms with Crippen LogP contribution in [0.15, 0.2) is 0 Å². The standard InChI is InChI=1S/C19H35N5O6/c1-6-10(4)15(19(29)30)24-17(27)12(7-8-13(20)25)23-16(26)11(5)22-18(28)14(21)9(2)3/h9-12,14-15H,6-8,21H2,1-5H3,(H2,20,25)(H,22,28)(H,23,26)(H,24,27)(H,29,30). The minimum absolute atomic E-state index is 0.119. The molecular formula is C19H35N5O6. The number of carbonyl (C=O) groups is 5. The maximum atomic E-state index is 12.6. The first kappa shape index (κ1) is 27.3. The summed E-state index contributed by atoms with van der Waals surface area (Å²) < 4.78 is 0. The normalized spacial score (nSPS) is 16.0. The van der Waals surface area contributed by atoms with Gasteiger partial charge in [-0.25, -0.2) is 4.79 Å². The van der Waals surface area contributed by atoms with E-state index in [1.165, 1.54) is 6.92 Å². The van der Waals surface area contributed by atoms with Crippen LogP contribution in [0.3, 0.4) is 0 Å². The third-order valence-electron chi connectivity index (χ3n) is 4.86. The first-order valence-electron chi connectivity index (χ1n) is 9.99. The molecule has 5 atom stereocenters. The van der Waals surface area contributed by atoms with Crippen LogP contribution in [0.5, 0.6) is 0 Å². The van der Waals surface area contributed by atoms with E-state index in [9.17, 15) is 29.1 Å². The Morgan fingerprint density at radius 1 is 0.900 bits per heavy atom. The van der Waals surface area contributed by atoms with E-state index in [0.717, 1.165) is 0 Å². The second-order valence-corrected chi connectivity index (χ2v) is 7.78. The van der Waals surface area contributed by atoms with Crippen molar-refractivity contribution in [3.8, 4) is 0 Å². The average Bonchev–Trinajstić information content (AvgIpc) is 2.66. The molecule has 30 heavy (non-hydrogen) atoms. The second kappa shape index (κ2) is 12.8. The molecular weight excluding hydrogens is 394 g/mol. The zero-order valence-electron chi connectivity index (χ0n) is 18.2. The number of rotatable bonds is 13. The Morgan fingerprint density at radius 3 is 1.90 bits per heavy atom. The molecule has 0 aromatic rings. The summed E-state index contributed by atoms with van der Waals surface area (Å²) in [5, 5.41) is 16.7. The van der Waals surface area contributed by atoms with Gasteiger partial charge in [-0.1, -0.05) is 34.1 Å². The molecule has 172 valence electrons. The summed E-state index contributed by atoms with van der Waals surface area (Å²) in [7, 11) is 0. The Kier molecular flexibility index (Phi) is 11.6. The number of nitrogens with one attached hydrogen (secondary N) is 3. The van der Waals surface area contributed by atoms with Crippen LogP contribution >= 0.6 is 0 Å². The number of nitrogens with two attached hydrogens (primary N) is 2. The predicted octanol–water partition coefficient (Wildman–Crippen LogP) is -1.16. The Hall–Kier alpha value is -2.69. The lowest BCUT2D eigenvalue weighted by molar-refractivity contribution is -0.144. The van der Waals surface area contributed by atoms with E-state index >= 15 is 0 Å². The molecule has 0 aliphatic heterocycles. The third kappa shape index (κ3) is 9.21. The number of primary amides is 1. The first-order chi connectivity index (χ1) is 13.8. The number of amides is 4. The highest BCUT2D eigenvalue weighted by atomic mass is 16.4. The number of aliphatic carboxylic acids is 1.